The first-order valence-corrected chi connectivity index (χ1v) is 7.16. The lowest BCUT2D eigenvalue weighted by atomic mass is 9.95. The second-order valence-corrected chi connectivity index (χ2v) is 5.42. The second kappa shape index (κ2) is 5.77. The summed E-state index contributed by atoms with van der Waals surface area (Å²) in [6.45, 7) is 1.86. The van der Waals surface area contributed by atoms with Gasteiger partial charge in [-0.1, -0.05) is 6.07 Å². The van der Waals surface area contributed by atoms with E-state index in [0.29, 0.717) is 11.1 Å². The van der Waals surface area contributed by atoms with Crippen LogP contribution in [0.5, 0.6) is 0 Å². The average Bonchev–Trinajstić information content (AvgIpc) is 2.85. The van der Waals surface area contributed by atoms with Gasteiger partial charge in [0.05, 0.1) is 11.3 Å². The van der Waals surface area contributed by atoms with Gasteiger partial charge in [-0.15, -0.1) is 0 Å². The van der Waals surface area contributed by atoms with Crippen molar-refractivity contribution in [3.63, 3.8) is 0 Å². The lowest BCUT2D eigenvalue weighted by Crippen LogP contribution is -2.02. The van der Waals surface area contributed by atoms with E-state index < -0.39 is 11.8 Å². The van der Waals surface area contributed by atoms with E-state index in [1.165, 1.54) is 12.1 Å². The van der Waals surface area contributed by atoms with Crippen molar-refractivity contribution >= 4 is 11.8 Å². The van der Waals surface area contributed by atoms with Gasteiger partial charge in [0.2, 0.25) is 0 Å². The van der Waals surface area contributed by atoms with Gasteiger partial charge in [0.1, 0.15) is 11.6 Å². The van der Waals surface area contributed by atoms with Gasteiger partial charge in [-0.05, 0) is 36.2 Å². The summed E-state index contributed by atoms with van der Waals surface area (Å²) in [5.41, 5.74) is 9.04. The summed E-state index contributed by atoms with van der Waals surface area (Å²) in [6, 6.07) is 5.68. The number of aryl methyl sites for hydroxylation is 2. The molecule has 3 aromatic rings. The summed E-state index contributed by atoms with van der Waals surface area (Å²) >= 11 is 0. The van der Waals surface area contributed by atoms with Crippen molar-refractivity contribution in [3.8, 4) is 22.3 Å². The maximum Gasteiger partial charge on any atom is 0.338 e. The Morgan fingerprint density at radius 2 is 2.04 bits per heavy atom. The molecular formula is C17H15FN4O2. The summed E-state index contributed by atoms with van der Waals surface area (Å²) in [4.78, 5) is 15.1. The van der Waals surface area contributed by atoms with E-state index in [1.807, 2.05) is 20.2 Å². The van der Waals surface area contributed by atoms with Gasteiger partial charge in [-0.3, -0.25) is 4.68 Å². The summed E-state index contributed by atoms with van der Waals surface area (Å²) in [5, 5.41) is 13.3. The van der Waals surface area contributed by atoms with Crippen LogP contribution in [0.25, 0.3) is 22.3 Å². The molecule has 0 radical (unpaired) electrons. The average molecular weight is 326 g/mol. The number of benzene rings is 1. The SMILES string of the molecule is Cc1nn(C)cc1-c1ccnc(N)c1-c1ccc(C(=O)O)c(F)c1. The highest BCUT2D eigenvalue weighted by atomic mass is 19.1. The van der Waals surface area contributed by atoms with Crippen LogP contribution in [0.1, 0.15) is 16.1 Å². The first-order chi connectivity index (χ1) is 11.4. The zero-order valence-electron chi connectivity index (χ0n) is 13.1. The standard InChI is InChI=1S/C17H15FN4O2/c1-9-13(8-22(2)21-9)11-5-6-20-16(19)15(11)10-3-4-12(17(23)24)14(18)7-10/h3-8H,1-2H3,(H2,19,20)(H,23,24). The lowest BCUT2D eigenvalue weighted by Gasteiger charge is -2.12. The molecule has 24 heavy (non-hydrogen) atoms. The summed E-state index contributed by atoms with van der Waals surface area (Å²) < 4.78 is 15.8. The zero-order valence-corrected chi connectivity index (χ0v) is 13.1. The minimum absolute atomic E-state index is 0.234. The molecule has 1 aromatic carbocycles. The van der Waals surface area contributed by atoms with Crippen molar-refractivity contribution < 1.29 is 14.3 Å². The third-order valence-electron chi connectivity index (χ3n) is 3.77. The fraction of sp³-hybridized carbons (Fsp3) is 0.118. The zero-order chi connectivity index (χ0) is 17.4. The second-order valence-electron chi connectivity index (χ2n) is 5.42. The van der Waals surface area contributed by atoms with Gasteiger partial charge in [0.25, 0.3) is 0 Å². The van der Waals surface area contributed by atoms with Crippen LogP contribution in [0.3, 0.4) is 0 Å². The van der Waals surface area contributed by atoms with Crippen LogP contribution in [-0.2, 0) is 7.05 Å². The Labute approximate surface area is 137 Å². The number of nitrogens with zero attached hydrogens (tertiary/aromatic N) is 3. The third-order valence-corrected chi connectivity index (χ3v) is 3.77. The normalized spacial score (nSPS) is 10.8. The molecule has 3 rings (SSSR count). The molecule has 2 heterocycles. The highest BCUT2D eigenvalue weighted by Crippen LogP contribution is 2.37. The first kappa shape index (κ1) is 15.7. The predicted molar refractivity (Wildman–Crippen MR) is 87.9 cm³/mol. The van der Waals surface area contributed by atoms with Crippen molar-refractivity contribution in [2.45, 2.75) is 6.92 Å². The number of carboxylic acid groups (broad SMARTS) is 1. The van der Waals surface area contributed by atoms with Gasteiger partial charge in [-0.25, -0.2) is 14.2 Å². The van der Waals surface area contributed by atoms with E-state index in [1.54, 1.807) is 16.9 Å². The van der Waals surface area contributed by atoms with E-state index in [0.717, 1.165) is 22.9 Å². The maximum absolute atomic E-state index is 14.1. The minimum Gasteiger partial charge on any atom is -0.478 e. The van der Waals surface area contributed by atoms with E-state index in [4.69, 9.17) is 10.8 Å². The number of hydrogen-bond donors (Lipinski definition) is 2. The Hall–Kier alpha value is -3.22. The van der Waals surface area contributed by atoms with Crippen LogP contribution in [0, 0.1) is 12.7 Å². The maximum atomic E-state index is 14.1. The molecule has 0 atom stereocenters. The number of halogens is 1. The number of carbonyl (C=O) groups is 1. The smallest absolute Gasteiger partial charge is 0.338 e. The number of aromatic carboxylic acids is 1. The topological polar surface area (TPSA) is 94.0 Å². The molecule has 0 aliphatic heterocycles. The molecular weight excluding hydrogens is 311 g/mol. The largest absolute Gasteiger partial charge is 0.478 e. The molecule has 0 saturated heterocycles. The number of nitrogens with two attached hydrogens (primary N) is 1. The monoisotopic (exact) mass is 326 g/mol. The molecule has 0 fully saturated rings. The van der Waals surface area contributed by atoms with E-state index in [2.05, 4.69) is 10.1 Å². The lowest BCUT2D eigenvalue weighted by molar-refractivity contribution is 0.0692. The molecule has 3 N–H and O–H groups in total. The van der Waals surface area contributed by atoms with Crippen LogP contribution in [0.15, 0.2) is 36.7 Å². The third kappa shape index (κ3) is 2.60. The van der Waals surface area contributed by atoms with Gasteiger partial charge in [-0.2, -0.15) is 5.10 Å². The van der Waals surface area contributed by atoms with Crippen LogP contribution >= 0.6 is 0 Å². The molecule has 2 aromatic heterocycles. The number of pyridine rings is 1. The highest BCUT2D eigenvalue weighted by molar-refractivity contribution is 5.92. The first-order valence-electron chi connectivity index (χ1n) is 7.16. The van der Waals surface area contributed by atoms with E-state index in [9.17, 15) is 9.18 Å². The number of rotatable bonds is 3. The number of nitrogen functional groups attached to an aromatic ring is 1. The van der Waals surface area contributed by atoms with Crippen LogP contribution in [0.2, 0.25) is 0 Å². The van der Waals surface area contributed by atoms with Gasteiger partial charge in [0.15, 0.2) is 0 Å². The fourth-order valence-electron chi connectivity index (χ4n) is 2.71. The van der Waals surface area contributed by atoms with Crippen molar-refractivity contribution in [2.24, 2.45) is 7.05 Å². The summed E-state index contributed by atoms with van der Waals surface area (Å²) in [5.74, 6) is -1.91. The Balaban J connectivity index is 2.24. The molecule has 0 bridgehead atoms. The number of aromatic nitrogens is 3. The highest BCUT2D eigenvalue weighted by Gasteiger charge is 2.18. The number of carboxylic acids is 1. The quantitative estimate of drug-likeness (QED) is 0.772. The molecule has 0 unspecified atom stereocenters. The number of anilines is 1. The molecule has 0 spiro atoms. The Morgan fingerprint density at radius 1 is 1.29 bits per heavy atom. The van der Waals surface area contributed by atoms with Gasteiger partial charge >= 0.3 is 5.97 Å². The van der Waals surface area contributed by atoms with Crippen molar-refractivity contribution in [1.29, 1.82) is 0 Å². The van der Waals surface area contributed by atoms with Crippen LogP contribution in [0.4, 0.5) is 10.2 Å². The Bertz CT molecular complexity index is 950. The number of hydrogen-bond acceptors (Lipinski definition) is 4. The van der Waals surface area contributed by atoms with Crippen LogP contribution in [-0.4, -0.2) is 25.8 Å². The van der Waals surface area contributed by atoms with Crippen molar-refractivity contribution in [2.75, 3.05) is 5.73 Å². The minimum atomic E-state index is -1.32. The Morgan fingerprint density at radius 3 is 2.62 bits per heavy atom. The van der Waals surface area contributed by atoms with Crippen LogP contribution < -0.4 is 5.73 Å². The summed E-state index contributed by atoms with van der Waals surface area (Å²) in [6.07, 6.45) is 3.41. The molecule has 0 amide bonds. The van der Waals surface area contributed by atoms with Crippen molar-refractivity contribution in [1.82, 2.24) is 14.8 Å². The summed E-state index contributed by atoms with van der Waals surface area (Å²) in [7, 11) is 1.81. The molecule has 7 heteroatoms. The van der Waals surface area contributed by atoms with Gasteiger partial charge < -0.3 is 10.8 Å². The molecule has 0 aliphatic rings. The van der Waals surface area contributed by atoms with Gasteiger partial charge in [0, 0.05) is 30.6 Å². The van der Waals surface area contributed by atoms with E-state index in [-0.39, 0.29) is 11.4 Å². The molecule has 122 valence electrons. The van der Waals surface area contributed by atoms with Crippen molar-refractivity contribution in [3.05, 3.63) is 53.7 Å². The van der Waals surface area contributed by atoms with E-state index >= 15 is 0 Å². The molecule has 6 nitrogen and oxygen atoms in total. The predicted octanol–water partition coefficient (Wildman–Crippen LogP) is 2.88. The molecule has 0 saturated carbocycles. The Kier molecular flexibility index (Phi) is 3.76. The fourth-order valence-corrected chi connectivity index (χ4v) is 2.71. The molecule has 0 aliphatic carbocycles.